The normalized spacial score (nSPS) is 10.8. The van der Waals surface area contributed by atoms with Crippen molar-refractivity contribution in [3.05, 3.63) is 33.9 Å². The summed E-state index contributed by atoms with van der Waals surface area (Å²) in [5.41, 5.74) is -0.299. The quantitative estimate of drug-likeness (QED) is 0.639. The second-order valence-corrected chi connectivity index (χ2v) is 3.44. The zero-order chi connectivity index (χ0) is 13.7. The van der Waals surface area contributed by atoms with Gasteiger partial charge in [0.05, 0.1) is 22.6 Å². The van der Waals surface area contributed by atoms with Crippen LogP contribution in [0.1, 0.15) is 12.5 Å². The molecule has 0 spiro atoms. The minimum Gasteiger partial charge on any atom is -0.319 e. The van der Waals surface area contributed by atoms with Crippen molar-refractivity contribution < 1.29 is 9.72 Å². The van der Waals surface area contributed by atoms with E-state index in [1.54, 1.807) is 12.1 Å². The number of hydrogen-bond acceptors (Lipinski definition) is 5. The summed E-state index contributed by atoms with van der Waals surface area (Å²) in [6.45, 7) is 1.38. The molecule has 1 atom stereocenters. The Bertz CT molecular complexity index is 583. The van der Waals surface area contributed by atoms with E-state index in [2.05, 4.69) is 5.32 Å². The van der Waals surface area contributed by atoms with Crippen molar-refractivity contribution in [1.82, 2.24) is 0 Å². The lowest BCUT2D eigenvalue weighted by Crippen LogP contribution is -2.19. The van der Waals surface area contributed by atoms with Crippen molar-refractivity contribution in [3.8, 4) is 12.1 Å². The van der Waals surface area contributed by atoms with Crippen LogP contribution in [0, 0.1) is 38.7 Å². The van der Waals surface area contributed by atoms with Crippen LogP contribution < -0.4 is 5.32 Å². The van der Waals surface area contributed by atoms with Gasteiger partial charge in [-0.1, -0.05) is 0 Å². The zero-order valence-corrected chi connectivity index (χ0v) is 9.38. The largest absolute Gasteiger partial charge is 0.319 e. The molecule has 0 aliphatic rings. The highest BCUT2D eigenvalue weighted by Crippen LogP contribution is 2.25. The minimum atomic E-state index is -0.916. The molecule has 7 nitrogen and oxygen atoms in total. The number of nitrogens with zero attached hydrogens (tertiary/aromatic N) is 3. The van der Waals surface area contributed by atoms with Crippen LogP contribution in [0.2, 0.25) is 0 Å². The number of amides is 1. The molecule has 1 N–H and O–H groups in total. The van der Waals surface area contributed by atoms with Crippen molar-refractivity contribution in [1.29, 1.82) is 10.5 Å². The van der Waals surface area contributed by atoms with Crippen LogP contribution in [0.15, 0.2) is 18.2 Å². The molecule has 1 aromatic rings. The lowest BCUT2D eigenvalue weighted by molar-refractivity contribution is -0.383. The molecule has 0 aromatic heterocycles. The Morgan fingerprint density at radius 2 is 2.17 bits per heavy atom. The second kappa shape index (κ2) is 5.41. The van der Waals surface area contributed by atoms with Gasteiger partial charge in [0.2, 0.25) is 5.91 Å². The van der Waals surface area contributed by atoms with Gasteiger partial charge in [0, 0.05) is 6.07 Å². The van der Waals surface area contributed by atoms with E-state index in [4.69, 9.17) is 10.5 Å². The SMILES string of the molecule is CC(C#N)C(=O)Nc1ccc(C#N)cc1[N+](=O)[O-]. The molecule has 7 heteroatoms. The molecule has 0 radical (unpaired) electrons. The van der Waals surface area contributed by atoms with Crippen LogP contribution in [0.25, 0.3) is 0 Å². The Morgan fingerprint density at radius 1 is 1.50 bits per heavy atom. The van der Waals surface area contributed by atoms with Gasteiger partial charge in [-0.3, -0.25) is 14.9 Å². The Balaban J connectivity index is 3.11. The molecule has 1 amide bonds. The first-order valence-corrected chi connectivity index (χ1v) is 4.88. The molecule has 1 rings (SSSR count). The van der Waals surface area contributed by atoms with Crippen LogP contribution in [-0.4, -0.2) is 10.8 Å². The fourth-order valence-corrected chi connectivity index (χ4v) is 1.16. The summed E-state index contributed by atoms with van der Waals surface area (Å²) in [5.74, 6) is -1.55. The maximum Gasteiger partial charge on any atom is 0.294 e. The predicted molar refractivity (Wildman–Crippen MR) is 61.2 cm³/mol. The highest BCUT2D eigenvalue weighted by atomic mass is 16.6. The van der Waals surface area contributed by atoms with Gasteiger partial charge in [-0.15, -0.1) is 0 Å². The van der Waals surface area contributed by atoms with Crippen molar-refractivity contribution >= 4 is 17.3 Å². The van der Waals surface area contributed by atoms with E-state index < -0.39 is 16.7 Å². The summed E-state index contributed by atoms with van der Waals surface area (Å²) >= 11 is 0. The Hall–Kier alpha value is -2.93. The molecule has 0 heterocycles. The Kier molecular flexibility index (Phi) is 3.95. The molecule has 1 aromatic carbocycles. The molecule has 0 saturated carbocycles. The average Bonchev–Trinajstić information content (AvgIpc) is 2.37. The standard InChI is InChI=1S/C11H8N4O3/c1-7(5-12)11(16)14-9-3-2-8(6-13)4-10(9)15(17)18/h2-4,7H,1H3,(H,14,16). The number of hydrogen-bond donors (Lipinski definition) is 1. The Morgan fingerprint density at radius 3 is 2.67 bits per heavy atom. The number of nitrogens with one attached hydrogen (secondary N) is 1. The third-order valence-corrected chi connectivity index (χ3v) is 2.17. The van der Waals surface area contributed by atoms with Gasteiger partial charge in [-0.25, -0.2) is 0 Å². The van der Waals surface area contributed by atoms with E-state index in [1.165, 1.54) is 19.1 Å². The molecule has 0 bridgehead atoms. The predicted octanol–water partition coefficient (Wildman–Crippen LogP) is 1.56. The van der Waals surface area contributed by atoms with Gasteiger partial charge in [0.15, 0.2) is 0 Å². The lowest BCUT2D eigenvalue weighted by Gasteiger charge is -2.06. The number of carbonyl (C=O) groups is 1. The van der Waals surface area contributed by atoms with Crippen LogP contribution in [0.3, 0.4) is 0 Å². The summed E-state index contributed by atoms with van der Waals surface area (Å²) < 4.78 is 0. The molecule has 0 aliphatic carbocycles. The fourth-order valence-electron chi connectivity index (χ4n) is 1.16. The summed E-state index contributed by atoms with van der Waals surface area (Å²) in [6.07, 6.45) is 0. The van der Waals surface area contributed by atoms with E-state index in [0.29, 0.717) is 0 Å². The zero-order valence-electron chi connectivity index (χ0n) is 9.38. The third kappa shape index (κ3) is 2.80. The molecular weight excluding hydrogens is 236 g/mol. The smallest absolute Gasteiger partial charge is 0.294 e. The maximum absolute atomic E-state index is 11.5. The van der Waals surface area contributed by atoms with Gasteiger partial charge < -0.3 is 5.32 Å². The molecule has 0 fully saturated rings. The van der Waals surface area contributed by atoms with Crippen molar-refractivity contribution in [3.63, 3.8) is 0 Å². The van der Waals surface area contributed by atoms with Crippen LogP contribution in [0.4, 0.5) is 11.4 Å². The van der Waals surface area contributed by atoms with Gasteiger partial charge >= 0.3 is 0 Å². The first kappa shape index (κ1) is 13.1. The molecule has 90 valence electrons. The van der Waals surface area contributed by atoms with Crippen LogP contribution in [0.5, 0.6) is 0 Å². The topological polar surface area (TPSA) is 120 Å². The maximum atomic E-state index is 11.5. The molecule has 18 heavy (non-hydrogen) atoms. The number of carbonyl (C=O) groups excluding carboxylic acids is 1. The van der Waals surface area contributed by atoms with Gasteiger partial charge in [0.25, 0.3) is 5.69 Å². The third-order valence-electron chi connectivity index (χ3n) is 2.17. The molecule has 1 unspecified atom stereocenters. The molecular formula is C11H8N4O3. The number of rotatable bonds is 3. The van der Waals surface area contributed by atoms with E-state index in [0.717, 1.165) is 6.07 Å². The van der Waals surface area contributed by atoms with Crippen molar-refractivity contribution in [2.24, 2.45) is 5.92 Å². The lowest BCUT2D eigenvalue weighted by atomic mass is 10.1. The summed E-state index contributed by atoms with van der Waals surface area (Å²) in [5, 5.41) is 30.3. The van der Waals surface area contributed by atoms with E-state index >= 15 is 0 Å². The summed E-state index contributed by atoms with van der Waals surface area (Å²) in [6, 6.07) is 7.16. The highest BCUT2D eigenvalue weighted by Gasteiger charge is 2.19. The first-order valence-electron chi connectivity index (χ1n) is 4.88. The van der Waals surface area contributed by atoms with Crippen LogP contribution in [-0.2, 0) is 4.79 Å². The van der Waals surface area contributed by atoms with Gasteiger partial charge in [0.1, 0.15) is 11.6 Å². The summed E-state index contributed by atoms with van der Waals surface area (Å²) in [4.78, 5) is 21.5. The highest BCUT2D eigenvalue weighted by molar-refractivity contribution is 5.95. The summed E-state index contributed by atoms with van der Waals surface area (Å²) in [7, 11) is 0. The van der Waals surface area contributed by atoms with E-state index in [-0.39, 0.29) is 16.9 Å². The fraction of sp³-hybridized carbons (Fsp3) is 0.182. The number of nitro groups is 1. The van der Waals surface area contributed by atoms with Crippen molar-refractivity contribution in [2.75, 3.05) is 5.32 Å². The number of benzene rings is 1. The minimum absolute atomic E-state index is 0.0360. The Labute approximate surface area is 102 Å². The average molecular weight is 244 g/mol. The molecule has 0 aliphatic heterocycles. The van der Waals surface area contributed by atoms with Gasteiger partial charge in [-0.2, -0.15) is 10.5 Å². The number of anilines is 1. The van der Waals surface area contributed by atoms with E-state index in [1.807, 2.05) is 0 Å². The van der Waals surface area contributed by atoms with Gasteiger partial charge in [-0.05, 0) is 19.1 Å². The number of nitriles is 2. The molecule has 0 saturated heterocycles. The van der Waals surface area contributed by atoms with E-state index in [9.17, 15) is 14.9 Å². The van der Waals surface area contributed by atoms with Crippen LogP contribution >= 0.6 is 0 Å². The van der Waals surface area contributed by atoms with Crippen molar-refractivity contribution in [2.45, 2.75) is 6.92 Å². The number of nitro benzene ring substituents is 1. The second-order valence-electron chi connectivity index (χ2n) is 3.44. The first-order chi connectivity index (χ1) is 8.49. The monoisotopic (exact) mass is 244 g/mol.